The number of imidazole rings is 1. The van der Waals surface area contributed by atoms with E-state index in [9.17, 15) is 4.79 Å². The quantitative estimate of drug-likeness (QED) is 0.393. The average molecular weight is 520 g/mol. The van der Waals surface area contributed by atoms with Crippen LogP contribution in [0.2, 0.25) is 0 Å². The predicted molar refractivity (Wildman–Crippen MR) is 137 cm³/mol. The van der Waals surface area contributed by atoms with Crippen molar-refractivity contribution in [1.82, 2.24) is 14.9 Å². The normalized spacial score (nSPS) is 23.1. The second kappa shape index (κ2) is 7.98. The molecule has 3 atom stereocenters. The number of aryl methyl sites for hydroxylation is 2. The lowest BCUT2D eigenvalue weighted by atomic mass is 9.84. The lowest BCUT2D eigenvalue weighted by molar-refractivity contribution is 0.00620. The highest BCUT2D eigenvalue weighted by Crippen LogP contribution is 2.50. The number of fused-ring (bicyclic) bond motifs is 5. The summed E-state index contributed by atoms with van der Waals surface area (Å²) in [7, 11) is 0. The summed E-state index contributed by atoms with van der Waals surface area (Å²) in [5.41, 5.74) is 7.07. The number of carbonyl (C=O) groups excluding carboxylic acids is 1. The molecule has 0 radical (unpaired) electrons. The third-order valence-electron chi connectivity index (χ3n) is 7.50. The molecule has 2 heterocycles. The minimum Gasteiger partial charge on any atom is -0.444 e. The maximum absolute atomic E-state index is 13.1. The second-order valence-electron chi connectivity index (χ2n) is 10.9. The molecule has 1 saturated carbocycles. The molecule has 2 aliphatic carbocycles. The fourth-order valence-electron chi connectivity index (χ4n) is 6.08. The molecule has 1 saturated heterocycles. The molecule has 0 unspecified atom stereocenters. The van der Waals surface area contributed by atoms with E-state index in [4.69, 9.17) is 9.72 Å². The van der Waals surface area contributed by atoms with Gasteiger partial charge in [-0.3, -0.25) is 4.90 Å². The van der Waals surface area contributed by atoms with Crippen LogP contribution in [0.1, 0.15) is 63.0 Å². The maximum atomic E-state index is 13.1. The summed E-state index contributed by atoms with van der Waals surface area (Å²) in [5, 5.41) is 0. The number of amides is 1. The highest BCUT2D eigenvalue weighted by molar-refractivity contribution is 9.10. The van der Waals surface area contributed by atoms with E-state index < -0.39 is 5.60 Å². The molecule has 1 aliphatic heterocycles. The molecule has 176 valence electrons. The number of ether oxygens (including phenoxy) is 1. The number of rotatable bonds is 2. The van der Waals surface area contributed by atoms with Gasteiger partial charge in [0, 0.05) is 10.5 Å². The number of nitrogens with zero attached hydrogens (tertiary/aromatic N) is 2. The Hall–Kier alpha value is -2.60. The summed E-state index contributed by atoms with van der Waals surface area (Å²) in [6.07, 6.45) is 7.01. The highest BCUT2D eigenvalue weighted by Gasteiger charge is 2.51. The zero-order valence-corrected chi connectivity index (χ0v) is 21.5. The van der Waals surface area contributed by atoms with E-state index in [0.29, 0.717) is 5.92 Å². The molecule has 3 aliphatic rings. The first kappa shape index (κ1) is 21.9. The zero-order valence-electron chi connectivity index (χ0n) is 19.9. The van der Waals surface area contributed by atoms with Crippen LogP contribution in [0.15, 0.2) is 47.1 Å². The Kier molecular flexibility index (Phi) is 5.14. The number of likely N-dealkylation sites (tertiary alicyclic amines) is 1. The molecule has 2 fully saturated rings. The number of aromatic amines is 1. The number of hydrogen-bond acceptors (Lipinski definition) is 3. The van der Waals surface area contributed by atoms with Crippen molar-refractivity contribution in [2.45, 2.75) is 70.6 Å². The van der Waals surface area contributed by atoms with Gasteiger partial charge in [-0.15, -0.1) is 0 Å². The molecule has 0 spiro atoms. The number of carbonyl (C=O) groups is 1. The third-order valence-corrected chi connectivity index (χ3v) is 8.00. The van der Waals surface area contributed by atoms with Gasteiger partial charge in [0.15, 0.2) is 0 Å². The Morgan fingerprint density at radius 3 is 2.59 bits per heavy atom. The van der Waals surface area contributed by atoms with E-state index in [2.05, 4.69) is 57.3 Å². The van der Waals surface area contributed by atoms with Gasteiger partial charge in [0.2, 0.25) is 0 Å². The highest BCUT2D eigenvalue weighted by atomic mass is 79.9. The van der Waals surface area contributed by atoms with Crippen LogP contribution in [0.5, 0.6) is 0 Å². The van der Waals surface area contributed by atoms with Crippen molar-refractivity contribution >= 4 is 22.0 Å². The van der Waals surface area contributed by atoms with Gasteiger partial charge in [-0.2, -0.15) is 0 Å². The number of hydrogen-bond donors (Lipinski definition) is 1. The van der Waals surface area contributed by atoms with Crippen LogP contribution in [-0.4, -0.2) is 32.6 Å². The van der Waals surface area contributed by atoms with Gasteiger partial charge in [0.05, 0.1) is 17.9 Å². The first-order valence-electron chi connectivity index (χ1n) is 12.3. The topological polar surface area (TPSA) is 58.2 Å². The van der Waals surface area contributed by atoms with Gasteiger partial charge >= 0.3 is 6.09 Å². The van der Waals surface area contributed by atoms with Crippen molar-refractivity contribution in [2.75, 3.05) is 0 Å². The van der Waals surface area contributed by atoms with Crippen molar-refractivity contribution < 1.29 is 9.53 Å². The number of H-pyrrole nitrogens is 1. The molecular weight excluding hydrogens is 490 g/mol. The summed E-state index contributed by atoms with van der Waals surface area (Å²) < 4.78 is 6.89. The first-order chi connectivity index (χ1) is 16.3. The van der Waals surface area contributed by atoms with E-state index in [1.54, 1.807) is 0 Å². The fourth-order valence-corrected chi connectivity index (χ4v) is 6.49. The second-order valence-corrected chi connectivity index (χ2v) is 11.8. The maximum Gasteiger partial charge on any atom is 0.411 e. The lowest BCUT2D eigenvalue weighted by Gasteiger charge is -2.35. The molecule has 34 heavy (non-hydrogen) atoms. The Labute approximate surface area is 209 Å². The fraction of sp³-hybridized carbons (Fsp3) is 0.429. The van der Waals surface area contributed by atoms with Crippen molar-refractivity contribution in [1.29, 1.82) is 0 Å². The number of nitrogens with one attached hydrogen (secondary N) is 1. The molecule has 6 rings (SSSR count). The lowest BCUT2D eigenvalue weighted by Crippen LogP contribution is -2.43. The van der Waals surface area contributed by atoms with Crippen LogP contribution < -0.4 is 0 Å². The van der Waals surface area contributed by atoms with E-state index in [1.165, 1.54) is 22.3 Å². The smallest absolute Gasteiger partial charge is 0.411 e. The van der Waals surface area contributed by atoms with Gasteiger partial charge in [-0.05, 0) is 105 Å². The monoisotopic (exact) mass is 519 g/mol. The molecule has 1 aromatic heterocycles. The number of benzene rings is 2. The van der Waals surface area contributed by atoms with Crippen LogP contribution in [-0.2, 0) is 17.6 Å². The van der Waals surface area contributed by atoms with Gasteiger partial charge in [-0.25, -0.2) is 9.78 Å². The summed E-state index contributed by atoms with van der Waals surface area (Å²) in [6.45, 7) is 5.77. The molecule has 3 aromatic rings. The first-order valence-corrected chi connectivity index (χ1v) is 13.0. The largest absolute Gasteiger partial charge is 0.444 e. The van der Waals surface area contributed by atoms with E-state index in [1.807, 2.05) is 31.9 Å². The SMILES string of the molecule is CC(C)(C)OC(=O)N1[C@@H]2CC[C@@H](C2)[C@H]1c1ncc(-c2ccc3c(c2)CCc2cc(Br)ccc2-3)[nH]1. The molecule has 6 heteroatoms. The molecular formula is C28H30BrN3O2. The van der Waals surface area contributed by atoms with Gasteiger partial charge in [-0.1, -0.05) is 34.1 Å². The van der Waals surface area contributed by atoms with E-state index >= 15 is 0 Å². The molecule has 5 nitrogen and oxygen atoms in total. The number of piperidine rings is 1. The Balaban J connectivity index is 1.29. The minimum atomic E-state index is -0.504. The van der Waals surface area contributed by atoms with Crippen molar-refractivity contribution in [2.24, 2.45) is 5.92 Å². The van der Waals surface area contributed by atoms with E-state index in [-0.39, 0.29) is 18.2 Å². The van der Waals surface area contributed by atoms with Crippen molar-refractivity contribution in [3.8, 4) is 22.4 Å². The molecule has 1 amide bonds. The summed E-state index contributed by atoms with van der Waals surface area (Å²) in [6, 6.07) is 13.5. The Morgan fingerprint density at radius 1 is 1.09 bits per heavy atom. The van der Waals surface area contributed by atoms with Crippen LogP contribution in [0, 0.1) is 5.92 Å². The average Bonchev–Trinajstić information content (AvgIpc) is 3.53. The Bertz CT molecular complexity index is 1270. The number of halogens is 1. The van der Waals surface area contributed by atoms with Gasteiger partial charge in [0.25, 0.3) is 0 Å². The Morgan fingerprint density at radius 2 is 1.82 bits per heavy atom. The van der Waals surface area contributed by atoms with Crippen LogP contribution in [0.4, 0.5) is 4.79 Å². The van der Waals surface area contributed by atoms with Crippen LogP contribution in [0.25, 0.3) is 22.4 Å². The zero-order chi connectivity index (χ0) is 23.6. The molecule has 2 bridgehead atoms. The summed E-state index contributed by atoms with van der Waals surface area (Å²) in [5.74, 6) is 1.32. The summed E-state index contributed by atoms with van der Waals surface area (Å²) >= 11 is 3.60. The minimum absolute atomic E-state index is 0.0368. The summed E-state index contributed by atoms with van der Waals surface area (Å²) in [4.78, 5) is 23.3. The van der Waals surface area contributed by atoms with Crippen LogP contribution in [0.3, 0.4) is 0 Å². The third kappa shape index (κ3) is 3.76. The molecule has 1 N–H and O–H groups in total. The van der Waals surface area contributed by atoms with Crippen molar-refractivity contribution in [3.63, 3.8) is 0 Å². The number of aromatic nitrogens is 2. The predicted octanol–water partition coefficient (Wildman–Crippen LogP) is 7.07. The van der Waals surface area contributed by atoms with E-state index in [0.717, 1.165) is 53.7 Å². The standard InChI is InChI=1S/C28H30BrN3O2/c1-28(2,3)34-27(33)32-21-9-6-19(14-21)25(32)26-30-15-24(31-26)18-7-10-22-16(12-18)4-5-17-13-20(29)8-11-23(17)22/h7-8,10-13,15,19,21,25H,4-6,9,14H2,1-3H3,(H,30,31)/t19-,21+,25-/m0/s1. The van der Waals surface area contributed by atoms with Crippen LogP contribution >= 0.6 is 15.9 Å². The van der Waals surface area contributed by atoms with Crippen molar-refractivity contribution in [3.05, 3.63) is 64.0 Å². The van der Waals surface area contributed by atoms with Gasteiger partial charge in [0.1, 0.15) is 11.4 Å². The molecule has 2 aromatic carbocycles. The van der Waals surface area contributed by atoms with Gasteiger partial charge < -0.3 is 9.72 Å².